The maximum Gasteiger partial charge on any atom is 0.250 e. The molecule has 3 aliphatic rings. The fourth-order valence-electron chi connectivity index (χ4n) is 6.92. The number of hydrogen-bond donors (Lipinski definition) is 3. The molecule has 2 aromatic carbocycles. The number of hydrogen-bond acceptors (Lipinski definition) is 6. The van der Waals surface area contributed by atoms with E-state index in [2.05, 4.69) is 10.6 Å². The SMILES string of the molecule is CCOc1ccc(NC(=O)[C@H]2[C@H]3C(=O)N([C@H](C)CO)C(C(=O)Nc4c(C)cccc4Cl)C34CC[C@]2(CC)O4)cc1. The van der Waals surface area contributed by atoms with Gasteiger partial charge in [0.1, 0.15) is 17.4 Å². The molecule has 3 N–H and O–H groups in total. The number of para-hydroxylation sites is 1. The Bertz CT molecular complexity index is 1300. The number of nitrogens with one attached hydrogen (secondary N) is 2. The normalized spacial score (nSPS) is 29.3. The molecular formula is C30H36ClN3O6. The number of aryl methyl sites for hydroxylation is 1. The molecule has 3 fully saturated rings. The fraction of sp³-hybridized carbons (Fsp3) is 0.500. The molecule has 2 unspecified atom stereocenters. The molecular weight excluding hydrogens is 534 g/mol. The molecule has 6 atom stereocenters. The van der Waals surface area contributed by atoms with Crippen LogP contribution in [0, 0.1) is 18.8 Å². The first kappa shape index (κ1) is 28.4. The van der Waals surface area contributed by atoms with Crippen molar-refractivity contribution in [3.05, 3.63) is 53.1 Å². The van der Waals surface area contributed by atoms with Crippen LogP contribution in [0.1, 0.15) is 45.6 Å². The van der Waals surface area contributed by atoms with Gasteiger partial charge in [-0.05, 0) is 75.9 Å². The van der Waals surface area contributed by atoms with Gasteiger partial charge in [0.05, 0.1) is 47.4 Å². The van der Waals surface area contributed by atoms with Crippen molar-refractivity contribution in [2.75, 3.05) is 23.8 Å². The van der Waals surface area contributed by atoms with Crippen LogP contribution >= 0.6 is 11.6 Å². The number of carbonyl (C=O) groups is 3. The van der Waals surface area contributed by atoms with E-state index in [1.54, 1.807) is 43.3 Å². The maximum absolute atomic E-state index is 14.1. The number of halogens is 1. The van der Waals surface area contributed by atoms with Crippen LogP contribution in [-0.4, -0.2) is 64.2 Å². The second-order valence-corrected chi connectivity index (χ2v) is 11.4. The summed E-state index contributed by atoms with van der Waals surface area (Å²) in [5.41, 5.74) is -0.290. The molecule has 9 nitrogen and oxygen atoms in total. The number of anilines is 2. The average Bonchev–Trinajstić information content (AvgIpc) is 3.55. The van der Waals surface area contributed by atoms with Gasteiger partial charge in [0.15, 0.2) is 0 Å². The lowest BCUT2D eigenvalue weighted by molar-refractivity contribution is -0.147. The van der Waals surface area contributed by atoms with Gasteiger partial charge in [0, 0.05) is 5.69 Å². The van der Waals surface area contributed by atoms with Gasteiger partial charge in [-0.2, -0.15) is 0 Å². The zero-order chi connectivity index (χ0) is 28.8. The van der Waals surface area contributed by atoms with Crippen LogP contribution in [0.5, 0.6) is 5.75 Å². The molecule has 0 aromatic heterocycles. The van der Waals surface area contributed by atoms with E-state index >= 15 is 0 Å². The Balaban J connectivity index is 1.51. The molecule has 10 heteroatoms. The number of fused-ring (bicyclic) bond motifs is 1. The fourth-order valence-corrected chi connectivity index (χ4v) is 7.19. The Kier molecular flexibility index (Phi) is 7.58. The van der Waals surface area contributed by atoms with Gasteiger partial charge in [-0.15, -0.1) is 0 Å². The molecule has 0 aliphatic carbocycles. The first-order chi connectivity index (χ1) is 19.1. The number of benzene rings is 2. The smallest absolute Gasteiger partial charge is 0.250 e. The Hall–Kier alpha value is -3.14. The van der Waals surface area contributed by atoms with Crippen LogP contribution < -0.4 is 15.4 Å². The minimum atomic E-state index is -1.21. The minimum Gasteiger partial charge on any atom is -0.494 e. The number of nitrogens with zero attached hydrogens (tertiary/aromatic N) is 1. The van der Waals surface area contributed by atoms with Gasteiger partial charge >= 0.3 is 0 Å². The maximum atomic E-state index is 14.1. The predicted octanol–water partition coefficient (Wildman–Crippen LogP) is 4.16. The van der Waals surface area contributed by atoms with Gasteiger partial charge in [0.2, 0.25) is 17.7 Å². The molecule has 0 saturated carbocycles. The molecule has 40 heavy (non-hydrogen) atoms. The van der Waals surface area contributed by atoms with Crippen molar-refractivity contribution in [1.29, 1.82) is 0 Å². The Morgan fingerprint density at radius 3 is 2.50 bits per heavy atom. The van der Waals surface area contributed by atoms with E-state index < -0.39 is 41.0 Å². The summed E-state index contributed by atoms with van der Waals surface area (Å²) in [5.74, 6) is -2.13. The zero-order valence-electron chi connectivity index (χ0n) is 23.2. The Morgan fingerprint density at radius 2 is 1.88 bits per heavy atom. The van der Waals surface area contributed by atoms with Crippen molar-refractivity contribution in [2.45, 2.75) is 70.2 Å². The molecule has 1 spiro atoms. The summed E-state index contributed by atoms with van der Waals surface area (Å²) < 4.78 is 12.2. The van der Waals surface area contributed by atoms with Crippen molar-refractivity contribution < 1.29 is 29.0 Å². The van der Waals surface area contributed by atoms with Crippen LogP contribution in [0.25, 0.3) is 0 Å². The summed E-state index contributed by atoms with van der Waals surface area (Å²) in [7, 11) is 0. The Labute approximate surface area is 239 Å². The van der Waals surface area contributed by atoms with E-state index in [9.17, 15) is 19.5 Å². The summed E-state index contributed by atoms with van der Waals surface area (Å²) in [6, 6.07) is 10.7. The second-order valence-electron chi connectivity index (χ2n) is 11.0. The van der Waals surface area contributed by atoms with E-state index in [0.717, 1.165) is 5.56 Å². The third-order valence-electron chi connectivity index (χ3n) is 8.79. The molecule has 3 saturated heterocycles. The van der Waals surface area contributed by atoms with E-state index in [-0.39, 0.29) is 18.4 Å². The number of aliphatic hydroxyl groups excluding tert-OH is 1. The topological polar surface area (TPSA) is 117 Å². The minimum absolute atomic E-state index is 0.328. The molecule has 3 amide bonds. The van der Waals surface area contributed by atoms with Crippen LogP contribution in [-0.2, 0) is 19.1 Å². The van der Waals surface area contributed by atoms with E-state index in [4.69, 9.17) is 21.1 Å². The first-order valence-corrected chi connectivity index (χ1v) is 14.2. The molecule has 3 heterocycles. The van der Waals surface area contributed by atoms with Crippen LogP contribution in [0.15, 0.2) is 42.5 Å². The van der Waals surface area contributed by atoms with Crippen molar-refractivity contribution in [2.24, 2.45) is 11.8 Å². The third-order valence-corrected chi connectivity index (χ3v) is 9.11. The van der Waals surface area contributed by atoms with Gasteiger partial charge in [-0.3, -0.25) is 14.4 Å². The highest BCUT2D eigenvalue weighted by molar-refractivity contribution is 6.34. The van der Waals surface area contributed by atoms with Crippen molar-refractivity contribution >= 4 is 40.7 Å². The number of aliphatic hydroxyl groups is 1. The third kappa shape index (κ3) is 4.35. The number of amides is 3. The highest BCUT2D eigenvalue weighted by Gasteiger charge is 2.79. The van der Waals surface area contributed by atoms with Crippen molar-refractivity contribution in [3.63, 3.8) is 0 Å². The quantitative estimate of drug-likeness (QED) is 0.417. The van der Waals surface area contributed by atoms with Crippen molar-refractivity contribution in [3.8, 4) is 5.75 Å². The largest absolute Gasteiger partial charge is 0.494 e. The Morgan fingerprint density at radius 1 is 1.15 bits per heavy atom. The summed E-state index contributed by atoms with van der Waals surface area (Å²) in [6.45, 7) is 7.55. The van der Waals surface area contributed by atoms with Crippen molar-refractivity contribution in [1.82, 2.24) is 4.90 Å². The van der Waals surface area contributed by atoms with E-state index in [1.807, 2.05) is 26.8 Å². The average molecular weight is 570 g/mol. The number of ether oxygens (including phenoxy) is 2. The number of carbonyl (C=O) groups excluding carboxylic acids is 3. The summed E-state index contributed by atoms with van der Waals surface area (Å²) >= 11 is 6.41. The number of likely N-dealkylation sites (tertiary alicyclic amines) is 1. The van der Waals surface area contributed by atoms with Gasteiger partial charge in [-0.25, -0.2) is 0 Å². The van der Waals surface area contributed by atoms with Crippen LogP contribution in [0.4, 0.5) is 11.4 Å². The lowest BCUT2D eigenvalue weighted by atomic mass is 9.65. The summed E-state index contributed by atoms with van der Waals surface area (Å²) in [4.78, 5) is 43.5. The molecule has 2 bridgehead atoms. The molecule has 2 aromatic rings. The monoisotopic (exact) mass is 569 g/mol. The van der Waals surface area contributed by atoms with Gasteiger partial charge < -0.3 is 30.1 Å². The molecule has 5 rings (SSSR count). The van der Waals surface area contributed by atoms with Crippen LogP contribution in [0.2, 0.25) is 5.02 Å². The summed E-state index contributed by atoms with van der Waals surface area (Å²) in [5, 5.41) is 16.4. The molecule has 3 aliphatic heterocycles. The molecule has 214 valence electrons. The second kappa shape index (κ2) is 10.7. The predicted molar refractivity (Wildman–Crippen MR) is 151 cm³/mol. The molecule has 0 radical (unpaired) electrons. The first-order valence-electron chi connectivity index (χ1n) is 13.8. The highest BCUT2D eigenvalue weighted by atomic mass is 35.5. The standard InChI is InChI=1S/C30H36ClN3O6/c1-5-29-14-15-30(40-29)23(22(29)26(36)32-19-10-12-20(13-11-19)39-6-2)28(38)34(18(4)16-35)25(30)27(37)33-24-17(3)8-7-9-21(24)31/h7-13,18,22-23,25,35H,5-6,14-16H2,1-4H3,(H,32,36)(H,33,37)/t18-,22-,23+,25?,29+,30?/m1/s1. The highest BCUT2D eigenvalue weighted by Crippen LogP contribution is 2.64. The van der Waals surface area contributed by atoms with E-state index in [1.165, 1.54) is 4.90 Å². The van der Waals surface area contributed by atoms with Gasteiger partial charge in [0.25, 0.3) is 0 Å². The number of rotatable bonds is 9. The lowest BCUT2D eigenvalue weighted by Crippen LogP contribution is -2.56. The summed E-state index contributed by atoms with van der Waals surface area (Å²) in [6.07, 6.45) is 1.48. The van der Waals surface area contributed by atoms with Crippen LogP contribution in [0.3, 0.4) is 0 Å². The van der Waals surface area contributed by atoms with E-state index in [0.29, 0.717) is 48.0 Å². The lowest BCUT2D eigenvalue weighted by Gasteiger charge is -2.36. The zero-order valence-corrected chi connectivity index (χ0v) is 24.0. The van der Waals surface area contributed by atoms with Gasteiger partial charge in [-0.1, -0.05) is 30.7 Å².